The van der Waals surface area contributed by atoms with Crippen LogP contribution in [0.1, 0.15) is 22.1 Å². The SMILES string of the molecule is C#CCN1C(=O)c2ccccc2NC1c1cn(C)c(=O)n(C)c1=O. The summed E-state index contributed by atoms with van der Waals surface area (Å²) < 4.78 is 2.31. The number of carbonyl (C=O) groups excluding carboxylic acids is 1. The van der Waals surface area contributed by atoms with Crippen LogP contribution in [0.4, 0.5) is 5.69 Å². The number of amides is 1. The van der Waals surface area contributed by atoms with Crippen molar-refractivity contribution in [3.63, 3.8) is 0 Å². The Labute approximate surface area is 138 Å². The van der Waals surface area contributed by atoms with Gasteiger partial charge in [-0.1, -0.05) is 18.1 Å². The van der Waals surface area contributed by atoms with Gasteiger partial charge in [-0.25, -0.2) is 4.79 Å². The van der Waals surface area contributed by atoms with E-state index in [4.69, 9.17) is 6.42 Å². The molecule has 1 N–H and O–H groups in total. The third kappa shape index (κ3) is 2.29. The molecule has 0 saturated carbocycles. The predicted octanol–water partition coefficient (Wildman–Crippen LogP) is 0.284. The van der Waals surface area contributed by atoms with Crippen molar-refractivity contribution in [2.24, 2.45) is 14.1 Å². The van der Waals surface area contributed by atoms with E-state index >= 15 is 0 Å². The molecule has 0 fully saturated rings. The van der Waals surface area contributed by atoms with E-state index in [0.29, 0.717) is 11.3 Å². The van der Waals surface area contributed by atoms with Gasteiger partial charge in [-0.3, -0.25) is 14.2 Å². The Morgan fingerprint density at radius 2 is 1.92 bits per heavy atom. The quantitative estimate of drug-likeness (QED) is 0.805. The van der Waals surface area contributed by atoms with E-state index in [9.17, 15) is 14.4 Å². The highest BCUT2D eigenvalue weighted by Crippen LogP contribution is 2.31. The second-order valence-electron chi connectivity index (χ2n) is 5.57. The van der Waals surface area contributed by atoms with Crippen LogP contribution < -0.4 is 16.6 Å². The largest absolute Gasteiger partial charge is 0.360 e. The summed E-state index contributed by atoms with van der Waals surface area (Å²) in [4.78, 5) is 38.6. The molecule has 2 heterocycles. The molecule has 1 aliphatic heterocycles. The van der Waals surface area contributed by atoms with Gasteiger partial charge < -0.3 is 14.8 Å². The molecule has 0 bridgehead atoms. The van der Waals surface area contributed by atoms with Crippen LogP contribution >= 0.6 is 0 Å². The standard InChI is InChI=1S/C17H16N4O3/c1-4-9-21-14(12-10-19(2)17(24)20(3)15(12)22)18-13-8-6-5-7-11(13)16(21)23/h1,5-8,10,14,18H,9H2,2-3H3. The number of para-hydroxylation sites is 1. The van der Waals surface area contributed by atoms with Gasteiger partial charge in [-0.15, -0.1) is 6.42 Å². The summed E-state index contributed by atoms with van der Waals surface area (Å²) in [5.41, 5.74) is 0.486. The molecule has 1 atom stereocenters. The molecule has 1 aromatic carbocycles. The number of hydrogen-bond donors (Lipinski definition) is 1. The Morgan fingerprint density at radius 3 is 2.62 bits per heavy atom. The molecule has 2 aromatic rings. The van der Waals surface area contributed by atoms with Gasteiger partial charge in [0.25, 0.3) is 11.5 Å². The van der Waals surface area contributed by atoms with Gasteiger partial charge in [0.05, 0.1) is 17.7 Å². The summed E-state index contributed by atoms with van der Waals surface area (Å²) in [5.74, 6) is 2.19. The van der Waals surface area contributed by atoms with Crippen LogP contribution in [0.3, 0.4) is 0 Å². The first-order valence-corrected chi connectivity index (χ1v) is 7.32. The smallest absolute Gasteiger partial charge is 0.330 e. The lowest BCUT2D eigenvalue weighted by atomic mass is 10.0. The van der Waals surface area contributed by atoms with Crippen molar-refractivity contribution >= 4 is 11.6 Å². The Bertz CT molecular complexity index is 981. The zero-order valence-corrected chi connectivity index (χ0v) is 13.3. The maximum Gasteiger partial charge on any atom is 0.330 e. The number of terminal acetylenes is 1. The molecular formula is C17H16N4O3. The molecule has 1 unspecified atom stereocenters. The molecule has 0 saturated heterocycles. The van der Waals surface area contributed by atoms with Crippen molar-refractivity contribution in [1.82, 2.24) is 14.0 Å². The number of fused-ring (bicyclic) bond motifs is 1. The molecular weight excluding hydrogens is 308 g/mol. The van der Waals surface area contributed by atoms with Gasteiger partial charge >= 0.3 is 5.69 Å². The topological polar surface area (TPSA) is 76.3 Å². The van der Waals surface area contributed by atoms with Gasteiger partial charge in [0.1, 0.15) is 6.17 Å². The number of anilines is 1. The first kappa shape index (κ1) is 15.6. The Balaban J connectivity index is 2.20. The van der Waals surface area contributed by atoms with Crippen molar-refractivity contribution in [1.29, 1.82) is 0 Å². The number of aryl methyl sites for hydroxylation is 1. The van der Waals surface area contributed by atoms with Crippen molar-refractivity contribution in [3.05, 3.63) is 62.4 Å². The lowest BCUT2D eigenvalue weighted by molar-refractivity contribution is 0.0709. The van der Waals surface area contributed by atoms with E-state index in [0.717, 1.165) is 4.57 Å². The number of aromatic nitrogens is 2. The molecule has 0 radical (unpaired) electrons. The van der Waals surface area contributed by atoms with Gasteiger partial charge in [-0.05, 0) is 12.1 Å². The average molecular weight is 324 g/mol. The van der Waals surface area contributed by atoms with E-state index in [1.165, 1.54) is 22.7 Å². The lowest BCUT2D eigenvalue weighted by Crippen LogP contribution is -2.48. The van der Waals surface area contributed by atoms with Crippen molar-refractivity contribution in [2.75, 3.05) is 11.9 Å². The zero-order valence-electron chi connectivity index (χ0n) is 13.3. The van der Waals surface area contributed by atoms with Crippen LogP contribution in [0.2, 0.25) is 0 Å². The molecule has 3 rings (SSSR count). The van der Waals surface area contributed by atoms with Crippen molar-refractivity contribution in [3.8, 4) is 12.3 Å². The first-order valence-electron chi connectivity index (χ1n) is 7.32. The number of benzene rings is 1. The molecule has 7 heteroatoms. The summed E-state index contributed by atoms with van der Waals surface area (Å²) in [6, 6.07) is 7.02. The van der Waals surface area contributed by atoms with Crippen LogP contribution in [0.25, 0.3) is 0 Å². The summed E-state index contributed by atoms with van der Waals surface area (Å²) in [5, 5.41) is 3.17. The maximum absolute atomic E-state index is 12.8. The summed E-state index contributed by atoms with van der Waals surface area (Å²) in [7, 11) is 2.95. The summed E-state index contributed by atoms with van der Waals surface area (Å²) in [6.07, 6.45) is 6.09. The van der Waals surface area contributed by atoms with Crippen molar-refractivity contribution in [2.45, 2.75) is 6.17 Å². The molecule has 0 aliphatic carbocycles. The van der Waals surface area contributed by atoms with E-state index in [-0.39, 0.29) is 18.0 Å². The fourth-order valence-corrected chi connectivity index (χ4v) is 2.82. The second-order valence-corrected chi connectivity index (χ2v) is 5.57. The first-order chi connectivity index (χ1) is 11.5. The van der Waals surface area contributed by atoms with E-state index in [1.807, 2.05) is 0 Å². The molecule has 0 spiro atoms. The van der Waals surface area contributed by atoms with E-state index in [1.54, 1.807) is 31.3 Å². The van der Waals surface area contributed by atoms with Crippen LogP contribution in [-0.2, 0) is 14.1 Å². The molecule has 122 valence electrons. The molecule has 1 aromatic heterocycles. The van der Waals surface area contributed by atoms with Crippen molar-refractivity contribution < 1.29 is 4.79 Å². The van der Waals surface area contributed by atoms with Gasteiger partial charge in [-0.2, -0.15) is 0 Å². The molecule has 24 heavy (non-hydrogen) atoms. The van der Waals surface area contributed by atoms with E-state index < -0.39 is 17.4 Å². The van der Waals surface area contributed by atoms with Crippen LogP contribution in [0, 0.1) is 12.3 Å². The molecule has 7 nitrogen and oxygen atoms in total. The number of carbonyl (C=O) groups is 1. The highest BCUT2D eigenvalue weighted by molar-refractivity contribution is 6.01. The zero-order chi connectivity index (χ0) is 17.4. The fraction of sp³-hybridized carbons (Fsp3) is 0.235. The molecule has 1 aliphatic rings. The maximum atomic E-state index is 12.8. The predicted molar refractivity (Wildman–Crippen MR) is 89.6 cm³/mol. The third-order valence-electron chi connectivity index (χ3n) is 4.05. The summed E-state index contributed by atoms with van der Waals surface area (Å²) in [6.45, 7) is 0.0385. The normalized spacial score (nSPS) is 16.3. The van der Waals surface area contributed by atoms with Crippen LogP contribution in [0.15, 0.2) is 40.1 Å². The van der Waals surface area contributed by atoms with Gasteiger partial charge in [0.15, 0.2) is 0 Å². The number of rotatable bonds is 2. The average Bonchev–Trinajstić information content (AvgIpc) is 2.59. The highest BCUT2D eigenvalue weighted by Gasteiger charge is 2.34. The van der Waals surface area contributed by atoms with Crippen LogP contribution in [0.5, 0.6) is 0 Å². The monoisotopic (exact) mass is 324 g/mol. The Kier molecular flexibility index (Phi) is 3.73. The lowest BCUT2D eigenvalue weighted by Gasteiger charge is -2.36. The van der Waals surface area contributed by atoms with Gasteiger partial charge in [0, 0.05) is 26.0 Å². The number of nitrogens with one attached hydrogen (secondary N) is 1. The summed E-state index contributed by atoms with van der Waals surface area (Å²) >= 11 is 0. The number of hydrogen-bond acceptors (Lipinski definition) is 4. The Hall–Kier alpha value is -3.27. The minimum absolute atomic E-state index is 0.0385. The second kappa shape index (κ2) is 5.74. The van der Waals surface area contributed by atoms with Gasteiger partial charge in [0.2, 0.25) is 0 Å². The van der Waals surface area contributed by atoms with E-state index in [2.05, 4.69) is 11.2 Å². The highest BCUT2D eigenvalue weighted by atomic mass is 16.2. The Morgan fingerprint density at radius 1 is 1.21 bits per heavy atom. The van der Waals surface area contributed by atoms with Crippen LogP contribution in [-0.4, -0.2) is 26.5 Å². The third-order valence-corrected chi connectivity index (χ3v) is 4.05. The minimum Gasteiger partial charge on any atom is -0.360 e. The molecule has 1 amide bonds. The minimum atomic E-state index is -0.742. The number of nitrogens with zero attached hydrogens (tertiary/aromatic N) is 3. The fourth-order valence-electron chi connectivity index (χ4n) is 2.82.